The summed E-state index contributed by atoms with van der Waals surface area (Å²) in [5, 5.41) is 1.20. The van der Waals surface area contributed by atoms with Crippen LogP contribution in [0.15, 0.2) is 42.5 Å². The van der Waals surface area contributed by atoms with Crippen molar-refractivity contribution in [3.63, 3.8) is 0 Å². The lowest BCUT2D eigenvalue weighted by molar-refractivity contribution is -0.126. The molecule has 1 unspecified atom stereocenters. The molecule has 0 radical (unpaired) electrons. The Balaban J connectivity index is 1.24. The molecule has 0 N–H and O–H groups in total. The van der Waals surface area contributed by atoms with Crippen LogP contribution >= 0.6 is 11.3 Å². The predicted octanol–water partition coefficient (Wildman–Crippen LogP) is 5.05. The summed E-state index contributed by atoms with van der Waals surface area (Å²) in [6.07, 6.45) is 6.46. The number of nitrogens with zero attached hydrogens (tertiary/aromatic N) is 2. The van der Waals surface area contributed by atoms with Crippen LogP contribution in [0.1, 0.15) is 41.8 Å². The van der Waals surface area contributed by atoms with Gasteiger partial charge in [0.15, 0.2) is 0 Å². The summed E-state index contributed by atoms with van der Waals surface area (Å²) < 4.78 is 12.6. The molecule has 160 valence electrons. The molecule has 5 rings (SSSR count). The van der Waals surface area contributed by atoms with Crippen molar-refractivity contribution >= 4 is 33.5 Å². The van der Waals surface area contributed by atoms with Gasteiger partial charge >= 0.3 is 0 Å². The number of carbonyl (C=O) groups is 1. The first kappa shape index (κ1) is 20.1. The Morgan fingerprint density at radius 3 is 2.84 bits per heavy atom. The molecule has 31 heavy (non-hydrogen) atoms. The molecule has 1 fully saturated rings. The van der Waals surface area contributed by atoms with E-state index < -0.39 is 0 Å². The number of hydrogen-bond acceptors (Lipinski definition) is 5. The first-order chi connectivity index (χ1) is 15.1. The number of likely N-dealkylation sites (tertiary alicyclic amines) is 1. The Morgan fingerprint density at radius 1 is 1.26 bits per heavy atom. The maximum absolute atomic E-state index is 12.8. The fourth-order valence-corrected chi connectivity index (χ4v) is 5.58. The van der Waals surface area contributed by atoms with E-state index >= 15 is 0 Å². The fraction of sp³-hybridized carbons (Fsp3) is 0.360. The number of piperidine rings is 1. The molecule has 2 aromatic carbocycles. The largest absolute Gasteiger partial charge is 0.496 e. The first-order valence-electron chi connectivity index (χ1n) is 10.8. The second kappa shape index (κ2) is 8.35. The van der Waals surface area contributed by atoms with Gasteiger partial charge in [-0.05, 0) is 50.1 Å². The zero-order valence-electron chi connectivity index (χ0n) is 17.8. The number of benzene rings is 2. The summed E-state index contributed by atoms with van der Waals surface area (Å²) in [5.41, 5.74) is 3.10. The molecule has 5 nitrogen and oxygen atoms in total. The molecular formula is C25H26N2O3S. The summed E-state index contributed by atoms with van der Waals surface area (Å²) >= 11 is 1.78. The number of methoxy groups -OCH3 is 1. The molecule has 1 atom stereocenters. The van der Waals surface area contributed by atoms with Crippen LogP contribution in [0.5, 0.6) is 11.5 Å². The SMILES string of the molecule is COc1cc2c(cc1C=CC(=O)N1CCC(c3nc4ccccc4s3)CC1)OC(C)C2. The van der Waals surface area contributed by atoms with Crippen molar-refractivity contribution in [3.8, 4) is 11.5 Å². The zero-order valence-corrected chi connectivity index (χ0v) is 18.7. The Kier molecular flexibility index (Phi) is 5.40. The first-order valence-corrected chi connectivity index (χ1v) is 11.6. The molecule has 3 heterocycles. The number of thiazole rings is 1. The number of hydrogen-bond donors (Lipinski definition) is 0. The molecule has 1 saturated heterocycles. The highest BCUT2D eigenvalue weighted by atomic mass is 32.1. The van der Waals surface area contributed by atoms with Crippen LogP contribution < -0.4 is 9.47 Å². The monoisotopic (exact) mass is 434 g/mol. The van der Waals surface area contributed by atoms with E-state index in [0.29, 0.717) is 5.92 Å². The lowest BCUT2D eigenvalue weighted by Gasteiger charge is -2.30. The van der Waals surface area contributed by atoms with E-state index in [-0.39, 0.29) is 12.0 Å². The van der Waals surface area contributed by atoms with E-state index in [1.165, 1.54) is 9.71 Å². The zero-order chi connectivity index (χ0) is 21.4. The minimum absolute atomic E-state index is 0.0413. The van der Waals surface area contributed by atoms with Gasteiger partial charge in [0, 0.05) is 42.6 Å². The van der Waals surface area contributed by atoms with Crippen LogP contribution in [0.25, 0.3) is 16.3 Å². The Bertz CT molecular complexity index is 1110. The molecule has 0 spiro atoms. The smallest absolute Gasteiger partial charge is 0.246 e. The minimum Gasteiger partial charge on any atom is -0.496 e. The third-order valence-electron chi connectivity index (χ3n) is 6.12. The third kappa shape index (κ3) is 4.04. The number of rotatable bonds is 4. The lowest BCUT2D eigenvalue weighted by Crippen LogP contribution is -2.36. The highest BCUT2D eigenvalue weighted by molar-refractivity contribution is 7.18. The predicted molar refractivity (Wildman–Crippen MR) is 124 cm³/mol. The van der Waals surface area contributed by atoms with Crippen LogP contribution in [0, 0.1) is 0 Å². The van der Waals surface area contributed by atoms with Gasteiger partial charge in [-0.1, -0.05) is 12.1 Å². The van der Waals surface area contributed by atoms with Crippen LogP contribution in [0.3, 0.4) is 0 Å². The molecule has 2 aliphatic heterocycles. The van der Waals surface area contributed by atoms with Crippen LogP contribution in [0.2, 0.25) is 0 Å². The number of fused-ring (bicyclic) bond motifs is 2. The molecule has 3 aromatic rings. The summed E-state index contributed by atoms with van der Waals surface area (Å²) in [6, 6.07) is 12.3. The number of ether oxygens (including phenoxy) is 2. The van der Waals surface area contributed by atoms with E-state index in [1.807, 2.05) is 29.2 Å². The average molecular weight is 435 g/mol. The highest BCUT2D eigenvalue weighted by Crippen LogP contribution is 2.36. The van der Waals surface area contributed by atoms with Crippen molar-refractivity contribution in [2.45, 2.75) is 38.2 Å². The Hall–Kier alpha value is -2.86. The van der Waals surface area contributed by atoms with Crippen molar-refractivity contribution in [1.82, 2.24) is 9.88 Å². The van der Waals surface area contributed by atoms with Crippen LogP contribution in [0.4, 0.5) is 0 Å². The van der Waals surface area contributed by atoms with Crippen molar-refractivity contribution in [2.24, 2.45) is 0 Å². The number of para-hydroxylation sites is 1. The summed E-state index contributed by atoms with van der Waals surface area (Å²) in [7, 11) is 1.66. The van der Waals surface area contributed by atoms with Gasteiger partial charge in [0.05, 0.1) is 22.3 Å². The van der Waals surface area contributed by atoms with Gasteiger partial charge in [-0.2, -0.15) is 0 Å². The molecule has 0 aliphatic carbocycles. The number of carbonyl (C=O) groups excluding carboxylic acids is 1. The average Bonchev–Trinajstić information content (AvgIpc) is 3.38. The quantitative estimate of drug-likeness (QED) is 0.540. The van der Waals surface area contributed by atoms with E-state index in [0.717, 1.165) is 60.5 Å². The third-order valence-corrected chi connectivity index (χ3v) is 7.32. The van der Waals surface area contributed by atoms with Gasteiger partial charge in [0.25, 0.3) is 0 Å². The molecule has 0 saturated carbocycles. The summed E-state index contributed by atoms with van der Waals surface area (Å²) in [4.78, 5) is 19.5. The number of aromatic nitrogens is 1. The van der Waals surface area contributed by atoms with Gasteiger partial charge in [0.2, 0.25) is 5.91 Å². The Labute approximate surface area is 186 Å². The van der Waals surface area contributed by atoms with Gasteiger partial charge in [-0.3, -0.25) is 4.79 Å². The van der Waals surface area contributed by atoms with Crippen LogP contribution in [-0.4, -0.2) is 42.1 Å². The van der Waals surface area contributed by atoms with Crippen LogP contribution in [-0.2, 0) is 11.2 Å². The van der Waals surface area contributed by atoms with Crippen molar-refractivity contribution in [3.05, 3.63) is 58.6 Å². The molecule has 1 aromatic heterocycles. The molecule has 0 bridgehead atoms. The molecule has 2 aliphatic rings. The summed E-state index contributed by atoms with van der Waals surface area (Å²) in [5.74, 6) is 2.13. The topological polar surface area (TPSA) is 51.7 Å². The van der Waals surface area contributed by atoms with Crippen molar-refractivity contribution in [1.29, 1.82) is 0 Å². The van der Waals surface area contributed by atoms with Crippen molar-refractivity contribution in [2.75, 3.05) is 20.2 Å². The van der Waals surface area contributed by atoms with Gasteiger partial charge in [0.1, 0.15) is 17.6 Å². The van der Waals surface area contributed by atoms with Gasteiger partial charge in [-0.15, -0.1) is 11.3 Å². The second-order valence-electron chi connectivity index (χ2n) is 8.29. The maximum Gasteiger partial charge on any atom is 0.246 e. The second-order valence-corrected chi connectivity index (χ2v) is 9.35. The summed E-state index contributed by atoms with van der Waals surface area (Å²) in [6.45, 7) is 3.57. The minimum atomic E-state index is 0.0413. The van der Waals surface area contributed by atoms with E-state index in [4.69, 9.17) is 14.5 Å². The molecule has 6 heteroatoms. The van der Waals surface area contributed by atoms with E-state index in [9.17, 15) is 4.79 Å². The lowest BCUT2D eigenvalue weighted by atomic mass is 9.97. The van der Waals surface area contributed by atoms with E-state index in [2.05, 4.69) is 25.1 Å². The molecule has 1 amide bonds. The fourth-order valence-electron chi connectivity index (χ4n) is 4.44. The maximum atomic E-state index is 12.8. The van der Waals surface area contributed by atoms with E-state index in [1.54, 1.807) is 24.5 Å². The normalized spacial score (nSPS) is 19.0. The van der Waals surface area contributed by atoms with Gasteiger partial charge < -0.3 is 14.4 Å². The van der Waals surface area contributed by atoms with Crippen molar-refractivity contribution < 1.29 is 14.3 Å². The molecular weight excluding hydrogens is 408 g/mol. The number of amides is 1. The Morgan fingerprint density at radius 2 is 2.06 bits per heavy atom. The highest BCUT2D eigenvalue weighted by Gasteiger charge is 2.25. The van der Waals surface area contributed by atoms with Gasteiger partial charge in [-0.25, -0.2) is 4.98 Å². The standard InChI is InChI=1S/C25H26N2O3S/c1-16-13-19-15-21(29-2)18(14-22(19)30-16)7-8-24(28)27-11-9-17(10-12-27)25-26-20-5-3-4-6-23(20)31-25/h3-8,14-17H,9-13H2,1-2H3.